The summed E-state index contributed by atoms with van der Waals surface area (Å²) in [6.07, 6.45) is 5.17. The Morgan fingerprint density at radius 1 is 1.20 bits per heavy atom. The number of ether oxygens (including phenoxy) is 1. The second-order valence-electron chi connectivity index (χ2n) is 8.71. The number of hydrazine groups is 1. The first-order valence-corrected chi connectivity index (χ1v) is 10.7. The van der Waals surface area contributed by atoms with Crippen molar-refractivity contribution in [2.75, 3.05) is 6.54 Å². The van der Waals surface area contributed by atoms with Crippen LogP contribution in [0.3, 0.4) is 0 Å². The number of nitrogens with one attached hydrogen (secondary N) is 1. The van der Waals surface area contributed by atoms with E-state index >= 15 is 0 Å². The number of carbonyl (C=O) groups excluding carboxylic acids is 4. The largest absolute Gasteiger partial charge is 0.460 e. The van der Waals surface area contributed by atoms with Crippen LogP contribution in [0.5, 0.6) is 0 Å². The molecule has 0 aromatic heterocycles. The molecule has 0 spiro atoms. The average Bonchev–Trinajstić information content (AvgIpc) is 2.62. The molecule has 0 bridgehead atoms. The average molecular weight is 450 g/mol. The van der Waals surface area contributed by atoms with Gasteiger partial charge in [0, 0.05) is 6.42 Å². The molecular formula is C20H33ClFN3O5. The highest BCUT2D eigenvalue weighted by atomic mass is 35.5. The van der Waals surface area contributed by atoms with Crippen molar-refractivity contribution in [1.82, 2.24) is 10.4 Å². The first-order chi connectivity index (χ1) is 13.9. The molecule has 0 aromatic carbocycles. The lowest BCUT2D eigenvalue weighted by Crippen LogP contribution is -2.51. The predicted octanol–water partition coefficient (Wildman–Crippen LogP) is 2.57. The molecule has 0 radical (unpaired) electrons. The Morgan fingerprint density at radius 3 is 2.30 bits per heavy atom. The molecule has 0 heterocycles. The first kappa shape index (κ1) is 26.1. The first-order valence-electron chi connectivity index (χ1n) is 10.3. The van der Waals surface area contributed by atoms with Gasteiger partial charge in [-0.1, -0.05) is 43.7 Å². The number of nitrogens with zero attached hydrogens (tertiary/aromatic N) is 1. The molecule has 172 valence electrons. The Labute approximate surface area is 182 Å². The monoisotopic (exact) mass is 449 g/mol. The molecule has 0 aromatic rings. The Morgan fingerprint density at radius 2 is 1.80 bits per heavy atom. The van der Waals surface area contributed by atoms with Crippen LogP contribution in [-0.4, -0.2) is 46.5 Å². The van der Waals surface area contributed by atoms with E-state index in [2.05, 4.69) is 5.43 Å². The van der Waals surface area contributed by atoms with Gasteiger partial charge in [0.15, 0.2) is 0 Å². The SMILES string of the molecule is CC(C)(C)OC(=O)C[C@@H](CC1CCCCC1)C(=O)NN(CCC(N)=O)C(=O)C(F)Cl. The lowest BCUT2D eigenvalue weighted by molar-refractivity contribution is -0.158. The van der Waals surface area contributed by atoms with Crippen LogP contribution in [0.25, 0.3) is 0 Å². The topological polar surface area (TPSA) is 119 Å². The second-order valence-corrected chi connectivity index (χ2v) is 9.09. The number of alkyl halides is 2. The van der Waals surface area contributed by atoms with Gasteiger partial charge in [-0.15, -0.1) is 0 Å². The van der Waals surface area contributed by atoms with E-state index in [-0.39, 0.29) is 25.3 Å². The molecule has 3 amide bonds. The molecule has 1 saturated carbocycles. The fourth-order valence-electron chi connectivity index (χ4n) is 3.48. The summed E-state index contributed by atoms with van der Waals surface area (Å²) >= 11 is 5.21. The van der Waals surface area contributed by atoms with Crippen LogP contribution in [0.2, 0.25) is 0 Å². The molecule has 1 aliphatic carbocycles. The molecule has 8 nitrogen and oxygen atoms in total. The normalized spacial score (nSPS) is 17.0. The van der Waals surface area contributed by atoms with Gasteiger partial charge in [0.05, 0.1) is 18.9 Å². The summed E-state index contributed by atoms with van der Waals surface area (Å²) in [5.41, 5.74) is 4.30. The predicted molar refractivity (Wildman–Crippen MR) is 110 cm³/mol. The van der Waals surface area contributed by atoms with Crippen molar-refractivity contribution in [3.63, 3.8) is 0 Å². The van der Waals surface area contributed by atoms with Crippen LogP contribution in [0.1, 0.15) is 72.1 Å². The third-order valence-corrected chi connectivity index (χ3v) is 5.01. The number of primary amides is 1. The van der Waals surface area contributed by atoms with Crippen LogP contribution < -0.4 is 11.2 Å². The lowest BCUT2D eigenvalue weighted by Gasteiger charge is -2.29. The number of nitrogens with two attached hydrogens (primary N) is 1. The number of hydrogen-bond acceptors (Lipinski definition) is 5. The van der Waals surface area contributed by atoms with Crippen molar-refractivity contribution in [1.29, 1.82) is 0 Å². The Balaban J connectivity index is 2.91. The van der Waals surface area contributed by atoms with Crippen LogP contribution in [0, 0.1) is 11.8 Å². The van der Waals surface area contributed by atoms with Gasteiger partial charge in [-0.05, 0) is 33.1 Å². The Bertz CT molecular complexity index is 618. The molecule has 3 N–H and O–H groups in total. The molecule has 1 unspecified atom stereocenters. The van der Waals surface area contributed by atoms with Crippen LogP contribution >= 0.6 is 11.6 Å². The van der Waals surface area contributed by atoms with E-state index in [0.717, 1.165) is 32.1 Å². The van der Waals surface area contributed by atoms with Gasteiger partial charge >= 0.3 is 5.97 Å². The van der Waals surface area contributed by atoms with E-state index in [4.69, 9.17) is 22.1 Å². The van der Waals surface area contributed by atoms with Gasteiger partial charge in [-0.2, -0.15) is 0 Å². The van der Waals surface area contributed by atoms with Crippen molar-refractivity contribution >= 4 is 35.3 Å². The van der Waals surface area contributed by atoms with Gasteiger partial charge in [0.2, 0.25) is 11.8 Å². The minimum absolute atomic E-state index is 0.169. The number of carbonyl (C=O) groups is 4. The van der Waals surface area contributed by atoms with Gasteiger partial charge in [-0.3, -0.25) is 24.6 Å². The molecule has 0 aliphatic heterocycles. The molecular weight excluding hydrogens is 417 g/mol. The summed E-state index contributed by atoms with van der Waals surface area (Å²) in [6.45, 7) is 4.86. The van der Waals surface area contributed by atoms with E-state index in [0.29, 0.717) is 11.4 Å². The Kier molecular flexibility index (Phi) is 10.5. The number of rotatable bonds is 9. The van der Waals surface area contributed by atoms with Crippen LogP contribution in [0.15, 0.2) is 0 Å². The minimum Gasteiger partial charge on any atom is -0.460 e. The maximum Gasteiger partial charge on any atom is 0.307 e. The molecule has 1 fully saturated rings. The van der Waals surface area contributed by atoms with Crippen LogP contribution in [-0.2, 0) is 23.9 Å². The zero-order valence-electron chi connectivity index (χ0n) is 17.9. The van der Waals surface area contributed by atoms with Gasteiger partial charge < -0.3 is 10.5 Å². The van der Waals surface area contributed by atoms with Crippen LogP contribution in [0.4, 0.5) is 4.39 Å². The maximum absolute atomic E-state index is 13.3. The summed E-state index contributed by atoms with van der Waals surface area (Å²) in [5, 5.41) is 0.647. The maximum atomic E-state index is 13.3. The molecule has 1 rings (SSSR count). The van der Waals surface area contributed by atoms with Crippen molar-refractivity contribution in [3.05, 3.63) is 0 Å². The fraction of sp³-hybridized carbons (Fsp3) is 0.800. The highest BCUT2D eigenvalue weighted by Gasteiger charge is 2.31. The van der Waals surface area contributed by atoms with Crippen molar-refractivity contribution < 1.29 is 28.3 Å². The molecule has 1 aliphatic rings. The zero-order valence-corrected chi connectivity index (χ0v) is 18.7. The fourth-order valence-corrected chi connectivity index (χ4v) is 3.60. The number of hydrogen-bond donors (Lipinski definition) is 2. The standard InChI is InChI=1S/C20H33ClFN3O5/c1-20(2,3)30-16(27)12-14(11-13-7-5-4-6-8-13)18(28)24-25(10-9-15(23)26)19(29)17(21)22/h13-14,17H,4-12H2,1-3H3,(H2,23,26)(H,24,28)/t14-,17?/m1/s1. The summed E-state index contributed by atoms with van der Waals surface area (Å²) < 4.78 is 18.7. The third-order valence-electron chi connectivity index (χ3n) is 4.83. The van der Waals surface area contributed by atoms with E-state index in [1.54, 1.807) is 20.8 Å². The van der Waals surface area contributed by atoms with E-state index in [1.165, 1.54) is 0 Å². The lowest BCUT2D eigenvalue weighted by atomic mass is 9.81. The summed E-state index contributed by atoms with van der Waals surface area (Å²) in [6, 6.07) is 0. The second kappa shape index (κ2) is 12.1. The Hall–Kier alpha value is -1.90. The highest BCUT2D eigenvalue weighted by molar-refractivity contribution is 6.29. The summed E-state index contributed by atoms with van der Waals surface area (Å²) in [7, 11) is 0. The number of esters is 1. The zero-order chi connectivity index (χ0) is 22.9. The van der Waals surface area contributed by atoms with E-state index in [1.807, 2.05) is 0 Å². The third kappa shape index (κ3) is 10.2. The number of halogens is 2. The van der Waals surface area contributed by atoms with Gasteiger partial charge in [-0.25, -0.2) is 9.40 Å². The van der Waals surface area contributed by atoms with Crippen molar-refractivity contribution in [3.8, 4) is 0 Å². The van der Waals surface area contributed by atoms with Crippen molar-refractivity contribution in [2.45, 2.75) is 83.4 Å². The minimum atomic E-state index is -2.39. The molecule has 10 heteroatoms. The van der Waals surface area contributed by atoms with E-state index < -0.39 is 40.8 Å². The summed E-state index contributed by atoms with van der Waals surface area (Å²) in [5.74, 6) is -3.58. The number of amides is 3. The molecule has 30 heavy (non-hydrogen) atoms. The smallest absolute Gasteiger partial charge is 0.307 e. The summed E-state index contributed by atoms with van der Waals surface area (Å²) in [4.78, 5) is 48.3. The van der Waals surface area contributed by atoms with Gasteiger partial charge in [0.1, 0.15) is 5.60 Å². The quantitative estimate of drug-likeness (QED) is 0.318. The van der Waals surface area contributed by atoms with Gasteiger partial charge in [0.25, 0.3) is 11.5 Å². The molecule has 2 atom stereocenters. The van der Waals surface area contributed by atoms with Crippen molar-refractivity contribution in [2.24, 2.45) is 17.6 Å². The van der Waals surface area contributed by atoms with E-state index in [9.17, 15) is 23.6 Å². The highest BCUT2D eigenvalue weighted by Crippen LogP contribution is 2.30. The molecule has 0 saturated heterocycles.